The van der Waals surface area contributed by atoms with Crippen LogP contribution in [0.15, 0.2) is 41.2 Å². The summed E-state index contributed by atoms with van der Waals surface area (Å²) < 4.78 is 1.52. The number of nitrogen functional groups attached to an aromatic ring is 1. The van der Waals surface area contributed by atoms with Gasteiger partial charge in [-0.15, -0.1) is 4.68 Å². The van der Waals surface area contributed by atoms with Crippen LogP contribution in [-0.2, 0) is 9.59 Å². The monoisotopic (exact) mass is 284 g/mol. The van der Waals surface area contributed by atoms with Crippen molar-refractivity contribution >= 4 is 35.1 Å². The summed E-state index contributed by atoms with van der Waals surface area (Å²) in [6.45, 7) is 1.78. The van der Waals surface area contributed by atoms with Crippen LogP contribution in [0.3, 0.4) is 0 Å². The lowest BCUT2D eigenvalue weighted by atomic mass is 10.0. The molecule has 106 valence electrons. The summed E-state index contributed by atoms with van der Waals surface area (Å²) in [6, 6.07) is 6.88. The van der Waals surface area contributed by atoms with Crippen molar-refractivity contribution in [2.45, 2.75) is 6.92 Å². The van der Waals surface area contributed by atoms with Crippen LogP contribution in [0.25, 0.3) is 0 Å². The van der Waals surface area contributed by atoms with Crippen molar-refractivity contribution in [3.05, 3.63) is 36.2 Å². The highest BCUT2D eigenvalue weighted by Gasteiger charge is 2.36. The zero-order chi connectivity index (χ0) is 15.0. The Morgan fingerprint density at radius 3 is 2.81 bits per heavy atom. The Bertz CT molecular complexity index is 715. The second-order valence-corrected chi connectivity index (χ2v) is 4.82. The summed E-state index contributed by atoms with van der Waals surface area (Å²) in [6.07, 6.45) is 2.92. The van der Waals surface area contributed by atoms with Crippen LogP contribution in [0.1, 0.15) is 6.92 Å². The number of nitrogens with two attached hydrogens (primary N) is 1. The van der Waals surface area contributed by atoms with Gasteiger partial charge in [0, 0.05) is 11.4 Å². The van der Waals surface area contributed by atoms with E-state index in [2.05, 4.69) is 15.7 Å². The van der Waals surface area contributed by atoms with Crippen molar-refractivity contribution in [1.82, 2.24) is 5.43 Å². The topological polar surface area (TPSA) is 99.6 Å². The molecule has 7 heteroatoms. The summed E-state index contributed by atoms with van der Waals surface area (Å²) in [7, 11) is 0. The molecule has 0 aromatic heterocycles. The number of nitrogens with zero attached hydrogens (tertiary/aromatic N) is 2. The van der Waals surface area contributed by atoms with Crippen LogP contribution in [-0.4, -0.2) is 28.4 Å². The fourth-order valence-corrected chi connectivity index (χ4v) is 2.19. The molecule has 1 aromatic rings. The number of rotatable bonds is 2. The number of fused-ring (bicyclic) bond motifs is 1. The van der Waals surface area contributed by atoms with Crippen molar-refractivity contribution in [2.75, 3.05) is 11.1 Å². The van der Waals surface area contributed by atoms with Crippen LogP contribution in [0.5, 0.6) is 0 Å². The second kappa shape index (κ2) is 4.86. The summed E-state index contributed by atoms with van der Waals surface area (Å²) in [4.78, 5) is 27.8. The van der Waals surface area contributed by atoms with Crippen LogP contribution in [0, 0.1) is 5.92 Å². The Morgan fingerprint density at radius 1 is 1.38 bits per heavy atom. The Hall–Kier alpha value is -2.96. The molecular weight excluding hydrogens is 270 g/mol. The second-order valence-electron chi connectivity index (χ2n) is 4.82. The molecule has 7 nitrogen and oxygen atoms in total. The third-order valence-electron chi connectivity index (χ3n) is 3.33. The van der Waals surface area contributed by atoms with Crippen molar-refractivity contribution in [3.63, 3.8) is 0 Å². The quantitative estimate of drug-likeness (QED) is 0.537. The lowest BCUT2D eigenvalue weighted by Gasteiger charge is -2.14. The minimum atomic E-state index is -0.543. The molecule has 2 amide bonds. The van der Waals surface area contributed by atoms with Gasteiger partial charge in [0.05, 0.1) is 0 Å². The third kappa shape index (κ3) is 2.40. The third-order valence-corrected chi connectivity index (χ3v) is 3.33. The van der Waals surface area contributed by atoms with Crippen molar-refractivity contribution in [2.24, 2.45) is 10.9 Å². The summed E-state index contributed by atoms with van der Waals surface area (Å²) in [5.74, 6) is -0.519. The number of carbonyl (C=O) groups is 2. The number of nitrogens with one attached hydrogen (secondary N) is 2. The van der Waals surface area contributed by atoms with Gasteiger partial charge in [-0.2, -0.15) is 5.43 Å². The van der Waals surface area contributed by atoms with E-state index in [0.717, 1.165) is 0 Å². The van der Waals surface area contributed by atoms with Crippen LogP contribution in [0.4, 0.5) is 11.4 Å². The molecule has 21 heavy (non-hydrogen) atoms. The number of hydrazine groups is 1. The molecular formula is C14H14N5O2+. The maximum Gasteiger partial charge on any atom is 0.351 e. The van der Waals surface area contributed by atoms with Crippen molar-refractivity contribution in [3.8, 4) is 0 Å². The van der Waals surface area contributed by atoms with Gasteiger partial charge in [-0.3, -0.25) is 9.59 Å². The van der Waals surface area contributed by atoms with E-state index in [9.17, 15) is 9.59 Å². The molecule has 1 aromatic carbocycles. The summed E-state index contributed by atoms with van der Waals surface area (Å²) in [5, 5.41) is 2.79. The molecule has 4 N–H and O–H groups in total. The molecule has 0 bridgehead atoms. The van der Waals surface area contributed by atoms with Gasteiger partial charge in [0.25, 0.3) is 5.91 Å². The maximum atomic E-state index is 12.3. The molecule has 1 unspecified atom stereocenters. The zero-order valence-corrected chi connectivity index (χ0v) is 11.3. The normalized spacial score (nSPS) is 20.0. The minimum Gasteiger partial charge on any atom is -0.399 e. The number of hydrogen-bond acceptors (Lipinski definition) is 4. The number of hydrazone groups is 1. The van der Waals surface area contributed by atoms with Gasteiger partial charge in [0.2, 0.25) is 5.91 Å². The van der Waals surface area contributed by atoms with Gasteiger partial charge in [0.15, 0.2) is 5.92 Å². The van der Waals surface area contributed by atoms with Crippen LogP contribution in [0.2, 0.25) is 0 Å². The molecule has 0 saturated heterocycles. The average Bonchev–Trinajstić information content (AvgIpc) is 2.83. The van der Waals surface area contributed by atoms with Gasteiger partial charge in [-0.05, 0) is 31.2 Å². The van der Waals surface area contributed by atoms with Gasteiger partial charge < -0.3 is 11.1 Å². The fraction of sp³-hybridized carbons (Fsp3) is 0.143. The van der Waals surface area contributed by atoms with Gasteiger partial charge >= 0.3 is 5.82 Å². The number of hydrogen-bond donors (Lipinski definition) is 3. The lowest BCUT2D eigenvalue weighted by Crippen LogP contribution is -2.41. The van der Waals surface area contributed by atoms with E-state index in [0.29, 0.717) is 22.9 Å². The number of amides is 2. The van der Waals surface area contributed by atoms with E-state index in [4.69, 9.17) is 5.73 Å². The number of aliphatic imine (C=N–C) groups is 1. The van der Waals surface area contributed by atoms with E-state index in [-0.39, 0.29) is 11.8 Å². The van der Waals surface area contributed by atoms with Gasteiger partial charge in [-0.25, -0.2) is 0 Å². The van der Waals surface area contributed by atoms with E-state index in [1.54, 1.807) is 31.2 Å². The number of anilines is 2. The maximum absolute atomic E-state index is 12.3. The van der Waals surface area contributed by atoms with E-state index in [1.165, 1.54) is 17.0 Å². The number of benzene rings is 1. The molecule has 2 heterocycles. The highest BCUT2D eigenvalue weighted by atomic mass is 16.2. The van der Waals surface area contributed by atoms with Crippen LogP contribution >= 0.6 is 0 Å². The fourth-order valence-electron chi connectivity index (χ4n) is 2.19. The summed E-state index contributed by atoms with van der Waals surface area (Å²) in [5.41, 5.74) is 10.2. The van der Waals surface area contributed by atoms with Crippen molar-refractivity contribution < 1.29 is 14.3 Å². The number of carbonyl (C=O) groups excluding carboxylic acids is 2. The molecule has 0 saturated carbocycles. The van der Waals surface area contributed by atoms with E-state index in [1.807, 2.05) is 0 Å². The van der Waals surface area contributed by atoms with Gasteiger partial charge in [-0.1, -0.05) is 4.99 Å². The molecule has 0 aliphatic carbocycles. The molecule has 0 radical (unpaired) electrons. The summed E-state index contributed by atoms with van der Waals surface area (Å²) >= 11 is 0. The molecule has 2 aliphatic rings. The zero-order valence-electron chi connectivity index (χ0n) is 11.3. The van der Waals surface area contributed by atoms with Crippen molar-refractivity contribution in [1.29, 1.82) is 0 Å². The molecule has 0 spiro atoms. The Kier molecular flexibility index (Phi) is 3.02. The minimum absolute atomic E-state index is 0.221. The highest BCUT2D eigenvalue weighted by molar-refractivity contribution is 6.18. The van der Waals surface area contributed by atoms with Gasteiger partial charge in [0.1, 0.15) is 18.0 Å². The first-order valence-corrected chi connectivity index (χ1v) is 6.41. The Balaban J connectivity index is 1.80. The first kappa shape index (κ1) is 13.0. The van der Waals surface area contributed by atoms with Crippen LogP contribution < -0.4 is 16.5 Å². The lowest BCUT2D eigenvalue weighted by molar-refractivity contribution is -0.522. The predicted octanol–water partition coefficient (Wildman–Crippen LogP) is 0.267. The molecule has 1 atom stereocenters. The first-order valence-electron chi connectivity index (χ1n) is 6.41. The largest absolute Gasteiger partial charge is 0.399 e. The van der Waals surface area contributed by atoms with E-state index >= 15 is 0 Å². The molecule has 0 fully saturated rings. The smallest absolute Gasteiger partial charge is 0.351 e. The standard InChI is InChI=1S/C14H13N5O2/c1-8-11(7-16-12-6-13(20)18-19(8)12)14(21)17-10-4-2-9(15)3-5-10/h2-7,11H,15H2,1H3,(H-,17,18,20,21)/p+1. The molecule has 3 rings (SSSR count). The van der Waals surface area contributed by atoms with E-state index < -0.39 is 5.92 Å². The Labute approximate surface area is 120 Å². The average molecular weight is 284 g/mol. The SMILES string of the molecule is CC1=[N+]2NC(=O)C=C2N=CC1C(=O)Nc1ccc(N)cc1. The first-order chi connectivity index (χ1) is 10.0. The predicted molar refractivity (Wildman–Crippen MR) is 78.6 cm³/mol. The Morgan fingerprint density at radius 2 is 2.10 bits per heavy atom. The highest BCUT2D eigenvalue weighted by Crippen LogP contribution is 2.16. The molecule has 2 aliphatic heterocycles.